The molecule has 2 nitrogen and oxygen atoms in total. The Hall–Kier alpha value is -0.0900. The van der Waals surface area contributed by atoms with Crippen LogP contribution in [0.1, 0.15) is 82.1 Å². The third kappa shape index (κ3) is 7.63. The van der Waals surface area contributed by atoms with Crippen LogP contribution >= 0.6 is 22.9 Å². The zero-order valence-corrected chi connectivity index (χ0v) is 14.2. The summed E-state index contributed by atoms with van der Waals surface area (Å²) in [7, 11) is 0. The Bertz CT molecular complexity index is 341. The van der Waals surface area contributed by atoms with Crippen molar-refractivity contribution in [1.29, 1.82) is 0 Å². The summed E-state index contributed by atoms with van der Waals surface area (Å²) in [6.45, 7) is 2.27. The van der Waals surface area contributed by atoms with E-state index in [1.54, 1.807) is 11.3 Å². The summed E-state index contributed by atoms with van der Waals surface area (Å²) in [6, 6.07) is 4.28. The van der Waals surface area contributed by atoms with Gasteiger partial charge in [-0.1, -0.05) is 76.3 Å². The molecule has 116 valence electrons. The molecule has 0 saturated carbocycles. The highest BCUT2D eigenvalue weighted by molar-refractivity contribution is 7.16. The first kappa shape index (κ1) is 18.0. The molecular weight excluding hydrogens is 288 g/mol. The number of thiophene rings is 1. The first-order valence-electron chi connectivity index (χ1n) is 7.99. The van der Waals surface area contributed by atoms with E-state index in [9.17, 15) is 0 Å². The molecule has 0 aliphatic rings. The highest BCUT2D eigenvalue weighted by Crippen LogP contribution is 2.29. The fraction of sp³-hybridized carbons (Fsp3) is 0.750. The van der Waals surface area contributed by atoms with Crippen LogP contribution in [-0.2, 0) is 0 Å². The zero-order valence-electron chi connectivity index (χ0n) is 12.7. The maximum atomic E-state index is 5.97. The van der Waals surface area contributed by atoms with Gasteiger partial charge in [0.1, 0.15) is 0 Å². The zero-order chi connectivity index (χ0) is 14.6. The molecule has 0 fully saturated rings. The Morgan fingerprint density at radius 2 is 1.65 bits per heavy atom. The molecule has 1 atom stereocenters. The minimum absolute atomic E-state index is 0.261. The van der Waals surface area contributed by atoms with Gasteiger partial charge >= 0.3 is 0 Å². The second-order valence-corrected chi connectivity index (χ2v) is 7.22. The first-order valence-corrected chi connectivity index (χ1v) is 9.18. The molecule has 1 rings (SSSR count). The molecule has 0 spiro atoms. The molecule has 0 aliphatic carbocycles. The van der Waals surface area contributed by atoms with E-state index in [0.717, 1.165) is 10.8 Å². The van der Waals surface area contributed by atoms with E-state index in [1.807, 2.05) is 6.07 Å². The summed E-state index contributed by atoms with van der Waals surface area (Å²) < 4.78 is 0.840. The molecule has 0 aliphatic heterocycles. The molecule has 4 heteroatoms. The SMILES string of the molecule is CCCCCCCCCCCC(NN)c1ccc(Cl)s1. The summed E-state index contributed by atoms with van der Waals surface area (Å²) in [5, 5.41) is 0. The first-order chi connectivity index (χ1) is 9.77. The maximum absolute atomic E-state index is 5.97. The van der Waals surface area contributed by atoms with Crippen LogP contribution in [0.5, 0.6) is 0 Å². The van der Waals surface area contributed by atoms with Crippen LogP contribution in [0.4, 0.5) is 0 Å². The highest BCUT2D eigenvalue weighted by atomic mass is 35.5. The number of halogens is 1. The van der Waals surface area contributed by atoms with Crippen molar-refractivity contribution in [2.75, 3.05) is 0 Å². The van der Waals surface area contributed by atoms with Gasteiger partial charge in [0.2, 0.25) is 0 Å². The lowest BCUT2D eigenvalue weighted by atomic mass is 10.0. The topological polar surface area (TPSA) is 38.0 Å². The van der Waals surface area contributed by atoms with E-state index in [0.29, 0.717) is 0 Å². The summed E-state index contributed by atoms with van der Waals surface area (Å²) in [5.74, 6) is 5.64. The Labute approximate surface area is 133 Å². The molecule has 0 saturated heterocycles. The third-order valence-corrected chi connectivity index (χ3v) is 5.08. The molecule has 1 unspecified atom stereocenters. The van der Waals surface area contributed by atoms with Gasteiger partial charge in [0.25, 0.3) is 0 Å². The molecule has 0 bridgehead atoms. The molecule has 1 aromatic rings. The number of hydrazine groups is 1. The van der Waals surface area contributed by atoms with Crippen LogP contribution in [-0.4, -0.2) is 0 Å². The summed E-state index contributed by atoms with van der Waals surface area (Å²) in [5.41, 5.74) is 2.91. The summed E-state index contributed by atoms with van der Waals surface area (Å²) in [4.78, 5) is 1.25. The molecule has 1 aromatic heterocycles. The van der Waals surface area contributed by atoms with Crippen molar-refractivity contribution in [2.24, 2.45) is 5.84 Å². The van der Waals surface area contributed by atoms with E-state index in [-0.39, 0.29) is 6.04 Å². The minimum atomic E-state index is 0.261. The summed E-state index contributed by atoms with van der Waals surface area (Å²) in [6.07, 6.45) is 13.3. The van der Waals surface area contributed by atoms with Gasteiger partial charge in [-0.15, -0.1) is 11.3 Å². The van der Waals surface area contributed by atoms with E-state index in [1.165, 1.54) is 62.7 Å². The second kappa shape index (κ2) is 11.6. The Morgan fingerprint density at radius 3 is 2.15 bits per heavy atom. The standard InChI is InChI=1S/C16H29ClN2S/c1-2-3-4-5-6-7-8-9-10-11-14(19-18)15-12-13-16(17)20-15/h12-14,19H,2-11,18H2,1H3. The molecule has 20 heavy (non-hydrogen) atoms. The van der Waals surface area contributed by atoms with Gasteiger partial charge in [0, 0.05) is 4.88 Å². The lowest BCUT2D eigenvalue weighted by Gasteiger charge is -2.13. The fourth-order valence-electron chi connectivity index (χ4n) is 2.48. The quantitative estimate of drug-likeness (QED) is 0.289. The van der Waals surface area contributed by atoms with Crippen molar-refractivity contribution in [3.05, 3.63) is 21.3 Å². The number of hydrogen-bond acceptors (Lipinski definition) is 3. The molecule has 1 heterocycles. The van der Waals surface area contributed by atoms with Crippen molar-refractivity contribution in [2.45, 2.75) is 77.2 Å². The number of nitrogens with one attached hydrogen (secondary N) is 1. The molecule has 0 amide bonds. The third-order valence-electron chi connectivity index (χ3n) is 3.73. The van der Waals surface area contributed by atoms with Crippen molar-refractivity contribution in [3.63, 3.8) is 0 Å². The predicted molar refractivity (Wildman–Crippen MR) is 91.2 cm³/mol. The van der Waals surface area contributed by atoms with Gasteiger partial charge in [-0.2, -0.15) is 0 Å². The van der Waals surface area contributed by atoms with Gasteiger partial charge < -0.3 is 0 Å². The monoisotopic (exact) mass is 316 g/mol. The Morgan fingerprint density at radius 1 is 1.05 bits per heavy atom. The van der Waals surface area contributed by atoms with Crippen LogP contribution in [0.15, 0.2) is 12.1 Å². The van der Waals surface area contributed by atoms with Crippen molar-refractivity contribution in [1.82, 2.24) is 5.43 Å². The van der Waals surface area contributed by atoms with Crippen LogP contribution in [0.3, 0.4) is 0 Å². The molecule has 0 radical (unpaired) electrons. The Kier molecular flexibility index (Phi) is 10.4. The van der Waals surface area contributed by atoms with Crippen LogP contribution in [0.2, 0.25) is 4.34 Å². The molecule has 0 aromatic carbocycles. The van der Waals surface area contributed by atoms with Crippen LogP contribution in [0.25, 0.3) is 0 Å². The molecular formula is C16H29ClN2S. The van der Waals surface area contributed by atoms with Crippen molar-refractivity contribution >= 4 is 22.9 Å². The maximum Gasteiger partial charge on any atom is 0.0931 e. The molecule has 3 N–H and O–H groups in total. The number of unbranched alkanes of at least 4 members (excludes halogenated alkanes) is 8. The lowest BCUT2D eigenvalue weighted by Crippen LogP contribution is -2.27. The normalized spacial score (nSPS) is 12.8. The average Bonchev–Trinajstić information content (AvgIpc) is 2.87. The number of hydrogen-bond donors (Lipinski definition) is 2. The average molecular weight is 317 g/mol. The van der Waals surface area contributed by atoms with E-state index >= 15 is 0 Å². The van der Waals surface area contributed by atoms with Gasteiger partial charge in [0.05, 0.1) is 10.4 Å². The van der Waals surface area contributed by atoms with Crippen molar-refractivity contribution < 1.29 is 0 Å². The largest absolute Gasteiger partial charge is 0.271 e. The highest BCUT2D eigenvalue weighted by Gasteiger charge is 2.11. The van der Waals surface area contributed by atoms with Crippen molar-refractivity contribution in [3.8, 4) is 0 Å². The van der Waals surface area contributed by atoms with Gasteiger partial charge in [-0.05, 0) is 18.6 Å². The number of nitrogens with two attached hydrogens (primary N) is 1. The van der Waals surface area contributed by atoms with E-state index in [2.05, 4.69) is 18.4 Å². The fourth-order valence-corrected chi connectivity index (χ4v) is 3.64. The van der Waals surface area contributed by atoms with Gasteiger partial charge in [-0.3, -0.25) is 11.3 Å². The minimum Gasteiger partial charge on any atom is -0.271 e. The number of rotatable bonds is 12. The Balaban J connectivity index is 2.02. The predicted octanol–water partition coefficient (Wildman–Crippen LogP) is 5.83. The second-order valence-electron chi connectivity index (χ2n) is 5.48. The van der Waals surface area contributed by atoms with E-state index < -0.39 is 0 Å². The van der Waals surface area contributed by atoms with Crippen LogP contribution in [0, 0.1) is 0 Å². The van der Waals surface area contributed by atoms with Crippen LogP contribution < -0.4 is 11.3 Å². The lowest BCUT2D eigenvalue weighted by molar-refractivity contribution is 0.479. The van der Waals surface area contributed by atoms with E-state index in [4.69, 9.17) is 17.4 Å². The van der Waals surface area contributed by atoms with Gasteiger partial charge in [0.15, 0.2) is 0 Å². The smallest absolute Gasteiger partial charge is 0.0931 e. The van der Waals surface area contributed by atoms with Gasteiger partial charge in [-0.25, -0.2) is 0 Å². The summed E-state index contributed by atoms with van der Waals surface area (Å²) >= 11 is 7.59.